The fraction of sp³-hybridized carbons (Fsp3) is 0.364. The standard InChI is InChI=1S/C11H16N6/c1-8-4-5-9(12)11(16-8)13-6-2-3-10-14-7-15-17-10/h4-5,7H,2-3,6,12H2,1H3,(H,13,16)(H,14,15,17). The molecule has 2 aromatic rings. The van der Waals surface area contributed by atoms with E-state index in [9.17, 15) is 0 Å². The van der Waals surface area contributed by atoms with Gasteiger partial charge in [0, 0.05) is 18.7 Å². The molecule has 0 saturated carbocycles. The number of nitrogens with zero attached hydrogens (tertiary/aromatic N) is 3. The predicted octanol–water partition coefficient (Wildman–Crippen LogP) is 1.14. The van der Waals surface area contributed by atoms with E-state index in [4.69, 9.17) is 5.73 Å². The molecule has 2 rings (SSSR count). The van der Waals surface area contributed by atoms with Gasteiger partial charge in [-0.25, -0.2) is 9.97 Å². The lowest BCUT2D eigenvalue weighted by molar-refractivity contribution is 0.803. The largest absolute Gasteiger partial charge is 0.396 e. The summed E-state index contributed by atoms with van der Waals surface area (Å²) in [4.78, 5) is 8.39. The second-order valence-electron chi connectivity index (χ2n) is 3.85. The molecule has 0 bridgehead atoms. The number of nitrogen functional groups attached to an aromatic ring is 1. The van der Waals surface area contributed by atoms with Gasteiger partial charge in [-0.3, -0.25) is 5.10 Å². The first kappa shape index (κ1) is 11.4. The predicted molar refractivity (Wildman–Crippen MR) is 66.6 cm³/mol. The molecular formula is C11H16N6. The van der Waals surface area contributed by atoms with E-state index in [0.29, 0.717) is 5.69 Å². The van der Waals surface area contributed by atoms with E-state index < -0.39 is 0 Å². The summed E-state index contributed by atoms with van der Waals surface area (Å²) in [6, 6.07) is 3.76. The number of rotatable bonds is 5. The molecule has 0 spiro atoms. The molecule has 2 heterocycles. The minimum absolute atomic E-state index is 0.676. The number of pyridine rings is 1. The van der Waals surface area contributed by atoms with E-state index in [1.54, 1.807) is 0 Å². The minimum Gasteiger partial charge on any atom is -0.396 e. The molecular weight excluding hydrogens is 216 g/mol. The molecule has 6 heteroatoms. The number of nitrogens with two attached hydrogens (primary N) is 1. The molecule has 90 valence electrons. The van der Waals surface area contributed by atoms with Crippen LogP contribution in [-0.4, -0.2) is 26.7 Å². The summed E-state index contributed by atoms with van der Waals surface area (Å²) in [6.45, 7) is 2.75. The lowest BCUT2D eigenvalue weighted by Crippen LogP contribution is -2.08. The molecule has 2 aromatic heterocycles. The summed E-state index contributed by atoms with van der Waals surface area (Å²) >= 11 is 0. The van der Waals surface area contributed by atoms with Crippen LogP contribution in [0.2, 0.25) is 0 Å². The molecule has 0 atom stereocenters. The van der Waals surface area contributed by atoms with Gasteiger partial charge in [0.25, 0.3) is 0 Å². The molecule has 0 fully saturated rings. The Kier molecular flexibility index (Phi) is 3.54. The van der Waals surface area contributed by atoms with Crippen LogP contribution in [0.1, 0.15) is 17.9 Å². The summed E-state index contributed by atoms with van der Waals surface area (Å²) < 4.78 is 0. The van der Waals surface area contributed by atoms with E-state index in [1.165, 1.54) is 6.33 Å². The quantitative estimate of drug-likeness (QED) is 0.672. The summed E-state index contributed by atoms with van der Waals surface area (Å²) in [5.41, 5.74) is 7.44. The zero-order chi connectivity index (χ0) is 12.1. The summed E-state index contributed by atoms with van der Waals surface area (Å²) in [7, 11) is 0. The van der Waals surface area contributed by atoms with Crippen LogP contribution in [0, 0.1) is 6.92 Å². The maximum atomic E-state index is 5.81. The Hall–Kier alpha value is -2.11. The lowest BCUT2D eigenvalue weighted by atomic mass is 10.3. The van der Waals surface area contributed by atoms with Crippen LogP contribution in [0.15, 0.2) is 18.5 Å². The van der Waals surface area contributed by atoms with Crippen LogP contribution >= 0.6 is 0 Å². The van der Waals surface area contributed by atoms with Crippen LogP contribution < -0.4 is 11.1 Å². The maximum Gasteiger partial charge on any atom is 0.149 e. The minimum atomic E-state index is 0.676. The Labute approximate surface area is 99.7 Å². The zero-order valence-electron chi connectivity index (χ0n) is 9.77. The topological polar surface area (TPSA) is 92.5 Å². The van der Waals surface area contributed by atoms with Crippen molar-refractivity contribution in [2.45, 2.75) is 19.8 Å². The molecule has 6 nitrogen and oxygen atoms in total. The Morgan fingerprint density at radius 1 is 1.41 bits per heavy atom. The van der Waals surface area contributed by atoms with Crippen molar-refractivity contribution in [2.24, 2.45) is 0 Å². The second kappa shape index (κ2) is 5.29. The van der Waals surface area contributed by atoms with Crippen molar-refractivity contribution in [2.75, 3.05) is 17.6 Å². The van der Waals surface area contributed by atoms with Gasteiger partial charge in [0.15, 0.2) is 0 Å². The van der Waals surface area contributed by atoms with Gasteiger partial charge in [0.2, 0.25) is 0 Å². The molecule has 0 aliphatic heterocycles. The Balaban J connectivity index is 1.80. The molecule has 17 heavy (non-hydrogen) atoms. The van der Waals surface area contributed by atoms with Gasteiger partial charge >= 0.3 is 0 Å². The maximum absolute atomic E-state index is 5.81. The van der Waals surface area contributed by atoms with Crippen molar-refractivity contribution >= 4 is 11.5 Å². The van der Waals surface area contributed by atoms with Crippen molar-refractivity contribution in [3.05, 3.63) is 30.0 Å². The van der Waals surface area contributed by atoms with E-state index in [2.05, 4.69) is 25.5 Å². The number of aromatic amines is 1. The van der Waals surface area contributed by atoms with E-state index >= 15 is 0 Å². The van der Waals surface area contributed by atoms with Crippen molar-refractivity contribution in [3.63, 3.8) is 0 Å². The SMILES string of the molecule is Cc1ccc(N)c(NCCCc2ncn[nH]2)n1. The molecule has 0 aliphatic carbocycles. The van der Waals surface area contributed by atoms with Crippen LogP contribution in [0.3, 0.4) is 0 Å². The molecule has 0 aromatic carbocycles. The molecule has 0 saturated heterocycles. The first-order valence-electron chi connectivity index (χ1n) is 5.57. The third kappa shape index (κ3) is 3.17. The normalized spacial score (nSPS) is 10.4. The monoisotopic (exact) mass is 232 g/mol. The molecule has 4 N–H and O–H groups in total. The zero-order valence-corrected chi connectivity index (χ0v) is 9.77. The fourth-order valence-electron chi connectivity index (χ4n) is 1.52. The second-order valence-corrected chi connectivity index (χ2v) is 3.85. The molecule has 0 radical (unpaired) electrons. The van der Waals surface area contributed by atoms with Crippen LogP contribution in [-0.2, 0) is 6.42 Å². The lowest BCUT2D eigenvalue weighted by Gasteiger charge is -2.08. The van der Waals surface area contributed by atoms with Crippen LogP contribution in [0.5, 0.6) is 0 Å². The first-order valence-corrected chi connectivity index (χ1v) is 5.57. The third-order valence-corrected chi connectivity index (χ3v) is 2.41. The van der Waals surface area contributed by atoms with Gasteiger partial charge in [0.05, 0.1) is 5.69 Å². The van der Waals surface area contributed by atoms with Gasteiger partial charge in [0.1, 0.15) is 18.0 Å². The highest BCUT2D eigenvalue weighted by atomic mass is 15.2. The van der Waals surface area contributed by atoms with Crippen molar-refractivity contribution < 1.29 is 0 Å². The van der Waals surface area contributed by atoms with Gasteiger partial charge in [-0.1, -0.05) is 0 Å². The van der Waals surface area contributed by atoms with E-state index in [1.807, 2.05) is 19.1 Å². The molecule has 0 unspecified atom stereocenters. The smallest absolute Gasteiger partial charge is 0.149 e. The summed E-state index contributed by atoms with van der Waals surface area (Å²) in [6.07, 6.45) is 3.33. The van der Waals surface area contributed by atoms with E-state index in [0.717, 1.165) is 36.7 Å². The van der Waals surface area contributed by atoms with Gasteiger partial charge in [-0.15, -0.1) is 0 Å². The number of aromatic nitrogens is 4. The van der Waals surface area contributed by atoms with Gasteiger partial charge < -0.3 is 11.1 Å². The van der Waals surface area contributed by atoms with Crippen LogP contribution in [0.4, 0.5) is 11.5 Å². The third-order valence-electron chi connectivity index (χ3n) is 2.41. The highest BCUT2D eigenvalue weighted by Gasteiger charge is 2.00. The number of nitrogens with one attached hydrogen (secondary N) is 2. The number of hydrogen-bond acceptors (Lipinski definition) is 5. The highest BCUT2D eigenvalue weighted by molar-refractivity contribution is 5.61. The van der Waals surface area contributed by atoms with Crippen molar-refractivity contribution in [3.8, 4) is 0 Å². The van der Waals surface area contributed by atoms with E-state index in [-0.39, 0.29) is 0 Å². The average Bonchev–Trinajstić information content (AvgIpc) is 2.82. The first-order chi connectivity index (χ1) is 8.25. The average molecular weight is 232 g/mol. The van der Waals surface area contributed by atoms with Gasteiger partial charge in [-0.05, 0) is 25.5 Å². The number of aryl methyl sites for hydroxylation is 2. The van der Waals surface area contributed by atoms with Crippen molar-refractivity contribution in [1.29, 1.82) is 0 Å². The Bertz CT molecular complexity index is 465. The number of hydrogen-bond donors (Lipinski definition) is 3. The summed E-state index contributed by atoms with van der Waals surface area (Å²) in [5, 5.41) is 9.84. The Morgan fingerprint density at radius 2 is 2.29 bits per heavy atom. The fourth-order valence-corrected chi connectivity index (χ4v) is 1.52. The number of anilines is 2. The van der Waals surface area contributed by atoms with Crippen molar-refractivity contribution in [1.82, 2.24) is 20.2 Å². The Morgan fingerprint density at radius 3 is 3.06 bits per heavy atom. The van der Waals surface area contributed by atoms with Crippen LogP contribution in [0.25, 0.3) is 0 Å². The molecule has 0 aliphatic rings. The van der Waals surface area contributed by atoms with Gasteiger partial charge in [-0.2, -0.15) is 5.10 Å². The highest BCUT2D eigenvalue weighted by Crippen LogP contribution is 2.15. The summed E-state index contributed by atoms with van der Waals surface area (Å²) in [5.74, 6) is 1.65. The number of H-pyrrole nitrogens is 1. The molecule has 0 amide bonds.